The molecular formula is C18H27F3. The Balaban J connectivity index is 2.68. The van der Waals surface area contributed by atoms with Crippen LogP contribution in [0.2, 0.25) is 0 Å². The number of rotatable bonds is 9. The minimum absolute atomic E-state index is 0.514. The van der Waals surface area contributed by atoms with Crippen LogP contribution in [0.25, 0.3) is 0 Å². The molecule has 0 bridgehead atoms. The molecule has 0 saturated heterocycles. The Bertz CT molecular complexity index is 396. The highest BCUT2D eigenvalue weighted by molar-refractivity contribution is 5.26. The zero-order chi connectivity index (χ0) is 15.7. The van der Waals surface area contributed by atoms with Gasteiger partial charge in [0.25, 0.3) is 0 Å². The highest BCUT2D eigenvalue weighted by Gasteiger charge is 2.30. The van der Waals surface area contributed by atoms with Crippen LogP contribution in [-0.4, -0.2) is 0 Å². The van der Waals surface area contributed by atoms with Gasteiger partial charge in [-0.1, -0.05) is 77.0 Å². The van der Waals surface area contributed by atoms with Crippen molar-refractivity contribution in [1.29, 1.82) is 0 Å². The number of hydrogen-bond donors (Lipinski definition) is 0. The van der Waals surface area contributed by atoms with E-state index in [1.807, 2.05) is 6.07 Å². The lowest BCUT2D eigenvalue weighted by molar-refractivity contribution is -0.137. The average molecular weight is 300 g/mol. The second-order valence-corrected chi connectivity index (χ2v) is 5.91. The lowest BCUT2D eigenvalue weighted by Crippen LogP contribution is -2.08. The van der Waals surface area contributed by atoms with Gasteiger partial charge in [-0.2, -0.15) is 13.2 Å². The van der Waals surface area contributed by atoms with Gasteiger partial charge in [0.1, 0.15) is 0 Å². The van der Waals surface area contributed by atoms with Crippen molar-refractivity contribution in [2.24, 2.45) is 5.92 Å². The van der Waals surface area contributed by atoms with Gasteiger partial charge in [-0.3, -0.25) is 0 Å². The summed E-state index contributed by atoms with van der Waals surface area (Å²) in [6.45, 7) is 4.33. The van der Waals surface area contributed by atoms with E-state index in [2.05, 4.69) is 13.8 Å². The highest BCUT2D eigenvalue weighted by Crippen LogP contribution is 2.30. The van der Waals surface area contributed by atoms with Gasteiger partial charge >= 0.3 is 6.18 Å². The molecule has 1 rings (SSSR count). The third-order valence-corrected chi connectivity index (χ3v) is 3.96. The Morgan fingerprint density at radius 2 is 1.62 bits per heavy atom. The SMILES string of the molecule is CCCCCC(CCCC)Cc1cccc(C(F)(F)F)c1. The Morgan fingerprint density at radius 1 is 0.952 bits per heavy atom. The molecule has 120 valence electrons. The standard InChI is InChI=1S/C18H27F3/c1-3-5-7-10-15(9-6-4-2)13-16-11-8-12-17(14-16)18(19,20)21/h8,11-12,14-15H,3-7,9-10,13H2,1-2H3. The predicted octanol–water partition coefficient (Wildman–Crippen LogP) is 6.63. The zero-order valence-corrected chi connectivity index (χ0v) is 13.2. The minimum Gasteiger partial charge on any atom is -0.166 e. The number of halogens is 3. The molecule has 0 N–H and O–H groups in total. The molecule has 3 heteroatoms. The van der Waals surface area contributed by atoms with Gasteiger partial charge in [-0.25, -0.2) is 0 Å². The summed E-state index contributed by atoms with van der Waals surface area (Å²) in [4.78, 5) is 0. The van der Waals surface area contributed by atoms with Gasteiger partial charge in [0.15, 0.2) is 0 Å². The van der Waals surface area contributed by atoms with Crippen molar-refractivity contribution in [3.05, 3.63) is 35.4 Å². The molecule has 0 fully saturated rings. The largest absolute Gasteiger partial charge is 0.416 e. The summed E-state index contributed by atoms with van der Waals surface area (Å²) in [7, 11) is 0. The third kappa shape index (κ3) is 7.01. The van der Waals surface area contributed by atoms with Crippen LogP contribution in [0.5, 0.6) is 0 Å². The van der Waals surface area contributed by atoms with E-state index in [1.165, 1.54) is 31.4 Å². The second kappa shape index (κ2) is 9.11. The fraction of sp³-hybridized carbons (Fsp3) is 0.667. The molecule has 0 aliphatic heterocycles. The van der Waals surface area contributed by atoms with Gasteiger partial charge in [0, 0.05) is 0 Å². The van der Waals surface area contributed by atoms with Crippen LogP contribution in [0.4, 0.5) is 13.2 Å². The van der Waals surface area contributed by atoms with Crippen LogP contribution in [0, 0.1) is 5.92 Å². The van der Waals surface area contributed by atoms with E-state index in [9.17, 15) is 13.2 Å². The van der Waals surface area contributed by atoms with Gasteiger partial charge < -0.3 is 0 Å². The van der Waals surface area contributed by atoms with Crippen molar-refractivity contribution in [2.45, 2.75) is 71.4 Å². The van der Waals surface area contributed by atoms with Crippen LogP contribution in [0.15, 0.2) is 24.3 Å². The predicted molar refractivity (Wildman–Crippen MR) is 82.3 cm³/mol. The first-order valence-corrected chi connectivity index (χ1v) is 8.13. The molecule has 1 aromatic rings. The molecule has 1 atom stereocenters. The van der Waals surface area contributed by atoms with Gasteiger partial charge in [0.2, 0.25) is 0 Å². The molecule has 0 spiro atoms. The van der Waals surface area contributed by atoms with Crippen LogP contribution < -0.4 is 0 Å². The summed E-state index contributed by atoms with van der Waals surface area (Å²) in [6, 6.07) is 5.83. The van der Waals surface area contributed by atoms with E-state index in [4.69, 9.17) is 0 Å². The molecule has 1 unspecified atom stereocenters. The summed E-state index contributed by atoms with van der Waals surface area (Å²) < 4.78 is 38.3. The van der Waals surface area contributed by atoms with Gasteiger partial charge in [-0.05, 0) is 24.0 Å². The summed E-state index contributed by atoms with van der Waals surface area (Å²) >= 11 is 0. The first kappa shape index (κ1) is 18.1. The van der Waals surface area contributed by atoms with E-state index in [-0.39, 0.29) is 0 Å². The zero-order valence-electron chi connectivity index (χ0n) is 13.2. The Labute approximate surface area is 126 Å². The van der Waals surface area contributed by atoms with Crippen LogP contribution >= 0.6 is 0 Å². The quantitative estimate of drug-likeness (QED) is 0.449. The molecule has 0 heterocycles. The van der Waals surface area contributed by atoms with Gasteiger partial charge in [-0.15, -0.1) is 0 Å². The van der Waals surface area contributed by atoms with Crippen molar-refractivity contribution in [3.8, 4) is 0 Å². The molecule has 0 nitrogen and oxygen atoms in total. The van der Waals surface area contributed by atoms with E-state index >= 15 is 0 Å². The molecule has 0 aliphatic rings. The fourth-order valence-corrected chi connectivity index (χ4v) is 2.73. The maximum absolute atomic E-state index is 12.8. The lowest BCUT2D eigenvalue weighted by Gasteiger charge is -2.17. The molecule has 0 amide bonds. The summed E-state index contributed by atoms with van der Waals surface area (Å²) in [5.74, 6) is 0.514. The molecule has 0 aliphatic carbocycles. The van der Waals surface area contributed by atoms with Crippen molar-refractivity contribution in [2.75, 3.05) is 0 Å². The first-order valence-electron chi connectivity index (χ1n) is 8.13. The number of hydrogen-bond acceptors (Lipinski definition) is 0. The Kier molecular flexibility index (Phi) is 7.84. The van der Waals surface area contributed by atoms with E-state index in [0.29, 0.717) is 5.92 Å². The number of unbranched alkanes of at least 4 members (excludes halogenated alkanes) is 3. The molecule has 21 heavy (non-hydrogen) atoms. The van der Waals surface area contributed by atoms with Crippen LogP contribution in [-0.2, 0) is 12.6 Å². The molecule has 0 radical (unpaired) electrons. The average Bonchev–Trinajstić information content (AvgIpc) is 2.44. The molecule has 0 aromatic heterocycles. The fourth-order valence-electron chi connectivity index (χ4n) is 2.73. The minimum atomic E-state index is -4.24. The van der Waals surface area contributed by atoms with Gasteiger partial charge in [0.05, 0.1) is 5.56 Å². The number of alkyl halides is 3. The molecule has 0 saturated carbocycles. The maximum Gasteiger partial charge on any atom is 0.416 e. The Hall–Kier alpha value is -0.990. The van der Waals surface area contributed by atoms with E-state index < -0.39 is 11.7 Å². The smallest absolute Gasteiger partial charge is 0.166 e. The lowest BCUT2D eigenvalue weighted by atomic mass is 9.89. The summed E-state index contributed by atoms with van der Waals surface area (Å²) in [5, 5.41) is 0. The maximum atomic E-state index is 12.8. The normalized spacial score (nSPS) is 13.4. The summed E-state index contributed by atoms with van der Waals surface area (Å²) in [6.07, 6.45) is 4.67. The summed E-state index contributed by atoms with van der Waals surface area (Å²) in [5.41, 5.74) is 0.297. The topological polar surface area (TPSA) is 0 Å². The molecular weight excluding hydrogens is 273 g/mol. The monoisotopic (exact) mass is 300 g/mol. The Morgan fingerprint density at radius 3 is 2.24 bits per heavy atom. The van der Waals surface area contributed by atoms with E-state index in [1.54, 1.807) is 0 Å². The second-order valence-electron chi connectivity index (χ2n) is 5.91. The van der Waals surface area contributed by atoms with Crippen LogP contribution in [0.1, 0.15) is 69.9 Å². The van der Waals surface area contributed by atoms with Crippen molar-refractivity contribution in [3.63, 3.8) is 0 Å². The first-order chi connectivity index (χ1) is 9.97. The highest BCUT2D eigenvalue weighted by atomic mass is 19.4. The van der Waals surface area contributed by atoms with Crippen LogP contribution in [0.3, 0.4) is 0 Å². The third-order valence-electron chi connectivity index (χ3n) is 3.96. The van der Waals surface area contributed by atoms with Crippen molar-refractivity contribution in [1.82, 2.24) is 0 Å². The van der Waals surface area contributed by atoms with E-state index in [0.717, 1.165) is 43.7 Å². The number of benzene rings is 1. The van der Waals surface area contributed by atoms with Crippen molar-refractivity contribution < 1.29 is 13.2 Å². The van der Waals surface area contributed by atoms with Crippen molar-refractivity contribution >= 4 is 0 Å². The molecule has 1 aromatic carbocycles.